The van der Waals surface area contributed by atoms with Crippen molar-refractivity contribution in [1.29, 1.82) is 0 Å². The van der Waals surface area contributed by atoms with Crippen molar-refractivity contribution in [3.8, 4) is 0 Å². The van der Waals surface area contributed by atoms with Crippen molar-refractivity contribution < 1.29 is 9.53 Å². The van der Waals surface area contributed by atoms with Gasteiger partial charge in [-0.05, 0) is 18.6 Å². The molecule has 0 unspecified atom stereocenters. The highest BCUT2D eigenvalue weighted by Crippen LogP contribution is 2.18. The third-order valence-corrected chi connectivity index (χ3v) is 3.18. The quantitative estimate of drug-likeness (QED) is 0.857. The lowest BCUT2D eigenvalue weighted by Gasteiger charge is -2.15. The molecule has 0 bridgehead atoms. The summed E-state index contributed by atoms with van der Waals surface area (Å²) in [5.74, 6) is -0.231. The topological polar surface area (TPSA) is 64.3 Å². The maximum absolute atomic E-state index is 12.3. The molecule has 2 aromatic rings. The van der Waals surface area contributed by atoms with E-state index in [0.717, 1.165) is 16.8 Å². The molecule has 2 aromatic carbocycles. The largest absolute Gasteiger partial charge is 0.377 e. The number of para-hydroxylation sites is 1. The first-order valence-corrected chi connectivity index (χ1v) is 6.99. The lowest BCUT2D eigenvalue weighted by atomic mass is 10.1. The summed E-state index contributed by atoms with van der Waals surface area (Å²) < 4.78 is 5.40. The van der Waals surface area contributed by atoms with Crippen LogP contribution in [0.3, 0.4) is 0 Å². The van der Waals surface area contributed by atoms with Crippen molar-refractivity contribution in [1.82, 2.24) is 0 Å². The fraction of sp³-hybridized carbons (Fsp3) is 0.235. The monoisotopic (exact) mass is 284 g/mol. The number of hydrogen-bond acceptors (Lipinski definition) is 3. The van der Waals surface area contributed by atoms with E-state index in [-0.39, 0.29) is 5.91 Å². The summed E-state index contributed by atoms with van der Waals surface area (Å²) in [7, 11) is 0. The van der Waals surface area contributed by atoms with E-state index in [1.54, 1.807) is 0 Å². The van der Waals surface area contributed by atoms with Crippen LogP contribution in [0.2, 0.25) is 0 Å². The summed E-state index contributed by atoms with van der Waals surface area (Å²) in [6, 6.07) is 16.2. The van der Waals surface area contributed by atoms with Crippen LogP contribution in [0, 0.1) is 0 Å². The molecule has 1 amide bonds. The van der Waals surface area contributed by atoms with Crippen molar-refractivity contribution in [2.45, 2.75) is 19.6 Å². The number of anilines is 1. The Morgan fingerprint density at radius 3 is 2.52 bits per heavy atom. The molecule has 1 atom stereocenters. The summed E-state index contributed by atoms with van der Waals surface area (Å²) in [6.45, 7) is 3.03. The minimum Gasteiger partial charge on any atom is -0.377 e. The summed E-state index contributed by atoms with van der Waals surface area (Å²) in [5, 5.41) is 2.87. The smallest absolute Gasteiger partial charge is 0.245 e. The van der Waals surface area contributed by atoms with Gasteiger partial charge in [-0.2, -0.15) is 0 Å². The number of benzene rings is 2. The fourth-order valence-electron chi connectivity index (χ4n) is 2.00. The predicted octanol–water partition coefficient (Wildman–Crippen LogP) is 2.86. The Kier molecular flexibility index (Phi) is 5.49. The first kappa shape index (κ1) is 15.2. The van der Waals surface area contributed by atoms with Gasteiger partial charge in [0, 0.05) is 17.9 Å². The standard InChI is InChI=1S/C17H20N2O2/c1-2-21-12-14-10-6-7-11-15(14)19-17(20)16(18)13-8-4-3-5-9-13/h3-11,16H,2,12,18H2,1H3,(H,19,20)/t16-/m0/s1. The molecule has 0 saturated carbocycles. The number of carbonyl (C=O) groups is 1. The number of nitrogens with one attached hydrogen (secondary N) is 1. The van der Waals surface area contributed by atoms with E-state index in [1.807, 2.05) is 61.5 Å². The van der Waals surface area contributed by atoms with Crippen LogP contribution in [0.15, 0.2) is 54.6 Å². The van der Waals surface area contributed by atoms with Crippen LogP contribution >= 0.6 is 0 Å². The lowest BCUT2D eigenvalue weighted by molar-refractivity contribution is -0.117. The number of carbonyl (C=O) groups excluding carboxylic acids is 1. The summed E-state index contributed by atoms with van der Waals surface area (Å²) in [4.78, 5) is 12.3. The van der Waals surface area contributed by atoms with Crippen LogP contribution in [0.1, 0.15) is 24.1 Å². The summed E-state index contributed by atoms with van der Waals surface area (Å²) >= 11 is 0. The second-order valence-electron chi connectivity index (χ2n) is 4.67. The van der Waals surface area contributed by atoms with E-state index in [2.05, 4.69) is 5.32 Å². The third kappa shape index (κ3) is 4.15. The molecule has 4 nitrogen and oxygen atoms in total. The number of amides is 1. The van der Waals surface area contributed by atoms with E-state index >= 15 is 0 Å². The van der Waals surface area contributed by atoms with E-state index in [1.165, 1.54) is 0 Å². The van der Waals surface area contributed by atoms with Gasteiger partial charge in [-0.1, -0.05) is 48.5 Å². The molecule has 0 fully saturated rings. The summed E-state index contributed by atoms with van der Waals surface area (Å²) in [6.07, 6.45) is 0. The Bertz CT molecular complexity index is 584. The first-order chi connectivity index (χ1) is 10.2. The molecule has 4 heteroatoms. The molecule has 21 heavy (non-hydrogen) atoms. The molecule has 0 saturated heterocycles. The Morgan fingerprint density at radius 1 is 1.14 bits per heavy atom. The second kappa shape index (κ2) is 7.57. The van der Waals surface area contributed by atoms with Crippen LogP contribution in [0.5, 0.6) is 0 Å². The molecule has 0 aliphatic heterocycles. The van der Waals surface area contributed by atoms with Gasteiger partial charge >= 0.3 is 0 Å². The van der Waals surface area contributed by atoms with Crippen LogP contribution in [0.4, 0.5) is 5.69 Å². The molecular formula is C17H20N2O2. The predicted molar refractivity (Wildman–Crippen MR) is 83.8 cm³/mol. The average molecular weight is 284 g/mol. The van der Waals surface area contributed by atoms with Crippen LogP contribution < -0.4 is 11.1 Å². The zero-order valence-corrected chi connectivity index (χ0v) is 12.1. The minimum atomic E-state index is -0.689. The van der Waals surface area contributed by atoms with Gasteiger partial charge in [0.15, 0.2) is 0 Å². The van der Waals surface area contributed by atoms with Gasteiger partial charge in [-0.25, -0.2) is 0 Å². The molecule has 0 aliphatic carbocycles. The van der Waals surface area contributed by atoms with Gasteiger partial charge in [0.1, 0.15) is 6.04 Å². The highest BCUT2D eigenvalue weighted by molar-refractivity contribution is 5.95. The maximum Gasteiger partial charge on any atom is 0.245 e. The average Bonchev–Trinajstić information content (AvgIpc) is 2.54. The molecule has 2 rings (SSSR count). The molecule has 0 heterocycles. The highest BCUT2D eigenvalue weighted by atomic mass is 16.5. The zero-order chi connectivity index (χ0) is 15.1. The van der Waals surface area contributed by atoms with Gasteiger partial charge < -0.3 is 15.8 Å². The van der Waals surface area contributed by atoms with Gasteiger partial charge in [-0.3, -0.25) is 4.79 Å². The van der Waals surface area contributed by atoms with Gasteiger partial charge in [0.25, 0.3) is 0 Å². The number of hydrogen-bond donors (Lipinski definition) is 2. The Morgan fingerprint density at radius 2 is 1.81 bits per heavy atom. The normalized spacial score (nSPS) is 11.9. The first-order valence-electron chi connectivity index (χ1n) is 6.99. The SMILES string of the molecule is CCOCc1ccccc1NC(=O)[C@@H](N)c1ccccc1. The lowest BCUT2D eigenvalue weighted by Crippen LogP contribution is -2.28. The number of rotatable bonds is 6. The van der Waals surface area contributed by atoms with E-state index in [4.69, 9.17) is 10.5 Å². The second-order valence-corrected chi connectivity index (χ2v) is 4.67. The maximum atomic E-state index is 12.3. The molecule has 0 spiro atoms. The Balaban J connectivity index is 2.09. The van der Waals surface area contributed by atoms with Crippen molar-refractivity contribution >= 4 is 11.6 Å². The summed E-state index contributed by atoms with van der Waals surface area (Å²) in [5.41, 5.74) is 8.46. The van der Waals surface area contributed by atoms with Gasteiger partial charge in [-0.15, -0.1) is 0 Å². The van der Waals surface area contributed by atoms with Crippen molar-refractivity contribution in [2.24, 2.45) is 5.73 Å². The van der Waals surface area contributed by atoms with E-state index in [0.29, 0.717) is 13.2 Å². The number of ether oxygens (including phenoxy) is 1. The van der Waals surface area contributed by atoms with Crippen LogP contribution in [-0.2, 0) is 16.1 Å². The molecule has 0 radical (unpaired) electrons. The van der Waals surface area contributed by atoms with Crippen LogP contribution in [0.25, 0.3) is 0 Å². The van der Waals surface area contributed by atoms with Crippen LogP contribution in [-0.4, -0.2) is 12.5 Å². The molecule has 0 aliphatic rings. The zero-order valence-electron chi connectivity index (χ0n) is 12.1. The van der Waals surface area contributed by atoms with Gasteiger partial charge in [0.05, 0.1) is 6.61 Å². The van der Waals surface area contributed by atoms with E-state index in [9.17, 15) is 4.79 Å². The van der Waals surface area contributed by atoms with E-state index < -0.39 is 6.04 Å². The minimum absolute atomic E-state index is 0.231. The number of nitrogens with two attached hydrogens (primary N) is 1. The fourth-order valence-corrected chi connectivity index (χ4v) is 2.00. The molecule has 3 N–H and O–H groups in total. The Hall–Kier alpha value is -2.17. The van der Waals surface area contributed by atoms with Gasteiger partial charge in [0.2, 0.25) is 5.91 Å². The molecule has 110 valence electrons. The van der Waals surface area contributed by atoms with Crippen molar-refractivity contribution in [3.63, 3.8) is 0 Å². The van der Waals surface area contributed by atoms with Crippen molar-refractivity contribution in [3.05, 3.63) is 65.7 Å². The van der Waals surface area contributed by atoms with Crippen molar-refractivity contribution in [2.75, 3.05) is 11.9 Å². The molecule has 0 aromatic heterocycles. The Labute approximate surface area is 124 Å². The highest BCUT2D eigenvalue weighted by Gasteiger charge is 2.16. The third-order valence-electron chi connectivity index (χ3n) is 3.18. The molecular weight excluding hydrogens is 264 g/mol.